The van der Waals surface area contributed by atoms with Gasteiger partial charge in [0.1, 0.15) is 10.7 Å². The summed E-state index contributed by atoms with van der Waals surface area (Å²) in [6.45, 7) is 0. The summed E-state index contributed by atoms with van der Waals surface area (Å²) in [4.78, 5) is 24.6. The molecule has 9 heteroatoms. The molecule has 0 spiro atoms. The SMILES string of the molecule is O=C(NC(=S)NNC(=O)c1sc2ccccc2c1Cl)c1ccc(F)cc1. The molecule has 0 atom stereocenters. The molecule has 26 heavy (non-hydrogen) atoms. The van der Waals surface area contributed by atoms with E-state index >= 15 is 0 Å². The van der Waals surface area contributed by atoms with Gasteiger partial charge in [-0.3, -0.25) is 25.8 Å². The van der Waals surface area contributed by atoms with Crippen molar-refractivity contribution in [1.29, 1.82) is 0 Å². The Labute approximate surface area is 162 Å². The molecule has 0 saturated carbocycles. The molecule has 0 radical (unpaired) electrons. The second-order valence-corrected chi connectivity index (χ2v) is 6.95. The molecular weight excluding hydrogens is 397 g/mol. The van der Waals surface area contributed by atoms with Crippen LogP contribution in [0, 0.1) is 5.82 Å². The number of hydrazine groups is 1. The molecule has 3 N–H and O–H groups in total. The summed E-state index contributed by atoms with van der Waals surface area (Å²) in [5.74, 6) is -1.46. The van der Waals surface area contributed by atoms with Gasteiger partial charge in [-0.1, -0.05) is 29.8 Å². The lowest BCUT2D eigenvalue weighted by atomic mass is 10.2. The third kappa shape index (κ3) is 3.98. The summed E-state index contributed by atoms with van der Waals surface area (Å²) in [5.41, 5.74) is 5.06. The molecule has 0 unspecified atom stereocenters. The first-order valence-corrected chi connectivity index (χ1v) is 8.90. The third-order valence-electron chi connectivity index (χ3n) is 3.36. The van der Waals surface area contributed by atoms with Crippen LogP contribution in [0.25, 0.3) is 10.1 Å². The van der Waals surface area contributed by atoms with Crippen LogP contribution in [0.4, 0.5) is 4.39 Å². The predicted molar refractivity (Wildman–Crippen MR) is 104 cm³/mol. The molecule has 132 valence electrons. The highest BCUT2D eigenvalue weighted by Gasteiger charge is 2.17. The standard InChI is InChI=1S/C17H11ClFN3O2S2/c18-13-11-3-1-2-4-12(11)26-14(13)16(24)21-22-17(25)20-15(23)9-5-7-10(19)8-6-9/h1-8H,(H,21,24)(H2,20,22,23,25). The van der Waals surface area contributed by atoms with Crippen LogP contribution in [0.3, 0.4) is 0 Å². The summed E-state index contributed by atoms with van der Waals surface area (Å²) in [5, 5.41) is 3.41. The van der Waals surface area contributed by atoms with Gasteiger partial charge in [-0.15, -0.1) is 11.3 Å². The van der Waals surface area contributed by atoms with E-state index < -0.39 is 17.6 Å². The topological polar surface area (TPSA) is 70.2 Å². The fourth-order valence-electron chi connectivity index (χ4n) is 2.14. The minimum absolute atomic E-state index is 0.107. The Bertz CT molecular complexity index is 1000. The first-order valence-electron chi connectivity index (χ1n) is 7.30. The fourth-order valence-corrected chi connectivity index (χ4v) is 3.69. The van der Waals surface area contributed by atoms with Crippen LogP contribution < -0.4 is 16.2 Å². The first kappa shape index (κ1) is 18.2. The van der Waals surface area contributed by atoms with E-state index in [2.05, 4.69) is 16.2 Å². The molecule has 0 fully saturated rings. The van der Waals surface area contributed by atoms with Gasteiger partial charge in [0.15, 0.2) is 5.11 Å². The van der Waals surface area contributed by atoms with Crippen molar-refractivity contribution in [2.45, 2.75) is 0 Å². The Morgan fingerprint density at radius 2 is 1.69 bits per heavy atom. The maximum atomic E-state index is 12.9. The van der Waals surface area contributed by atoms with Gasteiger partial charge in [-0.05, 0) is 42.5 Å². The number of benzene rings is 2. The number of thiophene rings is 1. The monoisotopic (exact) mass is 407 g/mol. The van der Waals surface area contributed by atoms with Crippen LogP contribution in [0.2, 0.25) is 5.02 Å². The predicted octanol–water partition coefficient (Wildman–Crippen LogP) is 3.64. The number of hydrogen-bond acceptors (Lipinski definition) is 4. The van der Waals surface area contributed by atoms with Gasteiger partial charge < -0.3 is 0 Å². The van der Waals surface area contributed by atoms with Crippen LogP contribution in [0.1, 0.15) is 20.0 Å². The molecule has 5 nitrogen and oxygen atoms in total. The average molecular weight is 408 g/mol. The van der Waals surface area contributed by atoms with Gasteiger partial charge in [0, 0.05) is 15.6 Å². The highest BCUT2D eigenvalue weighted by atomic mass is 35.5. The third-order valence-corrected chi connectivity index (χ3v) is 5.24. The minimum atomic E-state index is -0.531. The van der Waals surface area contributed by atoms with Gasteiger partial charge in [0.05, 0.1) is 5.02 Å². The Morgan fingerprint density at radius 3 is 2.38 bits per heavy atom. The molecule has 0 aliphatic carbocycles. The number of nitrogens with one attached hydrogen (secondary N) is 3. The average Bonchev–Trinajstić information content (AvgIpc) is 2.97. The quantitative estimate of drug-likeness (QED) is 0.448. The van der Waals surface area contributed by atoms with E-state index in [4.69, 9.17) is 23.8 Å². The molecule has 1 heterocycles. The second-order valence-electron chi connectivity index (χ2n) is 5.11. The molecule has 1 aromatic heterocycles. The number of halogens is 2. The van der Waals surface area contributed by atoms with Crippen molar-refractivity contribution in [2.24, 2.45) is 0 Å². The maximum absolute atomic E-state index is 12.9. The van der Waals surface area contributed by atoms with Crippen molar-refractivity contribution in [2.75, 3.05) is 0 Å². The van der Waals surface area contributed by atoms with E-state index in [1.165, 1.54) is 23.5 Å². The number of thiocarbonyl (C=S) groups is 1. The van der Waals surface area contributed by atoms with E-state index in [9.17, 15) is 14.0 Å². The van der Waals surface area contributed by atoms with E-state index in [0.717, 1.165) is 22.2 Å². The van der Waals surface area contributed by atoms with Gasteiger partial charge in [0.25, 0.3) is 11.8 Å². The second kappa shape index (κ2) is 7.77. The van der Waals surface area contributed by atoms with Crippen LogP contribution in [0.15, 0.2) is 48.5 Å². The summed E-state index contributed by atoms with van der Waals surface area (Å²) in [6, 6.07) is 12.4. The Balaban J connectivity index is 1.60. The number of fused-ring (bicyclic) bond motifs is 1. The van der Waals surface area contributed by atoms with Gasteiger partial charge >= 0.3 is 0 Å². The molecule has 3 aromatic rings. The minimum Gasteiger partial charge on any atom is -0.298 e. The first-order chi connectivity index (χ1) is 12.5. The van der Waals surface area contributed by atoms with Crippen LogP contribution >= 0.6 is 35.2 Å². The van der Waals surface area contributed by atoms with Crippen molar-refractivity contribution in [1.82, 2.24) is 16.2 Å². The molecule has 2 amide bonds. The van der Waals surface area contributed by atoms with Gasteiger partial charge in [0.2, 0.25) is 0 Å². The van der Waals surface area contributed by atoms with E-state index in [1.54, 1.807) is 0 Å². The van der Waals surface area contributed by atoms with Crippen molar-refractivity contribution < 1.29 is 14.0 Å². The summed E-state index contributed by atoms with van der Waals surface area (Å²) >= 11 is 12.4. The number of hydrogen-bond donors (Lipinski definition) is 3. The highest BCUT2D eigenvalue weighted by Crippen LogP contribution is 2.34. The molecule has 2 aromatic carbocycles. The summed E-state index contributed by atoms with van der Waals surface area (Å²) in [6.07, 6.45) is 0. The van der Waals surface area contributed by atoms with E-state index in [0.29, 0.717) is 9.90 Å². The van der Waals surface area contributed by atoms with E-state index in [1.807, 2.05) is 24.3 Å². The van der Waals surface area contributed by atoms with Crippen molar-refractivity contribution in [3.63, 3.8) is 0 Å². The van der Waals surface area contributed by atoms with Crippen LogP contribution in [-0.2, 0) is 0 Å². The Hall–Kier alpha value is -2.55. The number of carbonyl (C=O) groups is 2. The van der Waals surface area contributed by atoms with Crippen molar-refractivity contribution >= 4 is 62.2 Å². The zero-order valence-corrected chi connectivity index (χ0v) is 15.4. The Morgan fingerprint density at radius 1 is 1.00 bits per heavy atom. The fraction of sp³-hybridized carbons (Fsp3) is 0. The molecule has 0 saturated heterocycles. The normalized spacial score (nSPS) is 10.4. The number of carbonyl (C=O) groups excluding carboxylic acids is 2. The highest BCUT2D eigenvalue weighted by molar-refractivity contribution is 7.80. The van der Waals surface area contributed by atoms with Gasteiger partial charge in [-0.2, -0.15) is 0 Å². The molecule has 3 rings (SSSR count). The smallest absolute Gasteiger partial charge is 0.281 e. The molecule has 0 aliphatic rings. The zero-order valence-electron chi connectivity index (χ0n) is 13.0. The Kier molecular flexibility index (Phi) is 5.46. The molecule has 0 aliphatic heterocycles. The summed E-state index contributed by atoms with van der Waals surface area (Å²) < 4.78 is 13.7. The van der Waals surface area contributed by atoms with E-state index in [-0.39, 0.29) is 10.7 Å². The number of rotatable bonds is 2. The lowest BCUT2D eigenvalue weighted by Crippen LogP contribution is -2.48. The molecular formula is C17H11ClFN3O2S2. The van der Waals surface area contributed by atoms with Crippen LogP contribution in [-0.4, -0.2) is 16.9 Å². The lowest BCUT2D eigenvalue weighted by Gasteiger charge is -2.10. The van der Waals surface area contributed by atoms with Crippen LogP contribution in [0.5, 0.6) is 0 Å². The van der Waals surface area contributed by atoms with Crippen molar-refractivity contribution in [3.8, 4) is 0 Å². The van der Waals surface area contributed by atoms with Gasteiger partial charge in [-0.25, -0.2) is 4.39 Å². The lowest BCUT2D eigenvalue weighted by molar-refractivity contribution is 0.0938. The summed E-state index contributed by atoms with van der Waals surface area (Å²) in [7, 11) is 0. The number of amides is 2. The molecule has 0 bridgehead atoms. The van der Waals surface area contributed by atoms with Crippen molar-refractivity contribution in [3.05, 3.63) is 69.8 Å². The largest absolute Gasteiger partial charge is 0.298 e. The maximum Gasteiger partial charge on any atom is 0.281 e. The zero-order chi connectivity index (χ0) is 18.7.